The molecule has 0 spiro atoms. The Hall–Kier alpha value is -1.90. The molecule has 116 valence electrons. The number of aromatic nitrogens is 2. The monoisotopic (exact) mass is 386 g/mol. The number of rotatable bonds is 4. The van der Waals surface area contributed by atoms with E-state index in [1.54, 1.807) is 4.57 Å². The van der Waals surface area contributed by atoms with E-state index >= 15 is 0 Å². The molecule has 0 unspecified atom stereocenters. The van der Waals surface area contributed by atoms with E-state index in [1.807, 2.05) is 29.6 Å². The molecule has 0 atom stereocenters. The topological polar surface area (TPSA) is 34.9 Å². The Balaban J connectivity index is 2.27. The normalized spacial score (nSPS) is 10.8. The van der Waals surface area contributed by atoms with Gasteiger partial charge in [-0.05, 0) is 24.1 Å². The van der Waals surface area contributed by atoms with Gasteiger partial charge in [0.2, 0.25) is 0 Å². The number of halogens is 1. The smallest absolute Gasteiger partial charge is 0.263 e. The van der Waals surface area contributed by atoms with Crippen LogP contribution in [0.4, 0.5) is 0 Å². The quantitative estimate of drug-likeness (QED) is 0.619. The van der Waals surface area contributed by atoms with Crippen LogP contribution in [0.3, 0.4) is 0 Å². The second-order valence-corrected chi connectivity index (χ2v) is 6.98. The lowest BCUT2D eigenvalue weighted by atomic mass is 10.1. The molecule has 3 rings (SSSR count). The van der Waals surface area contributed by atoms with Crippen LogP contribution in [0.2, 0.25) is 0 Å². The summed E-state index contributed by atoms with van der Waals surface area (Å²) in [5.74, 6) is 3.34. The fourth-order valence-electron chi connectivity index (χ4n) is 2.58. The standard InChI is InChI=1S/C18H15BrN2OS/c1-3-5-15-20-17-16(18(22)21(15)10-4-2)14(11-23-17)12-6-8-13(19)9-7-12/h2,6-9,11H,3,5,10H2,1H3. The van der Waals surface area contributed by atoms with Crippen LogP contribution in [0.25, 0.3) is 21.3 Å². The number of hydrogen-bond donors (Lipinski definition) is 0. The predicted molar refractivity (Wildman–Crippen MR) is 99.8 cm³/mol. The van der Waals surface area contributed by atoms with Crippen LogP contribution >= 0.6 is 27.3 Å². The van der Waals surface area contributed by atoms with E-state index in [2.05, 4.69) is 33.8 Å². The predicted octanol–water partition coefficient (Wildman–Crippen LogP) is 4.47. The third kappa shape index (κ3) is 2.97. The maximum Gasteiger partial charge on any atom is 0.263 e. The lowest BCUT2D eigenvalue weighted by Gasteiger charge is -2.09. The minimum absolute atomic E-state index is 0.0458. The van der Waals surface area contributed by atoms with E-state index in [1.165, 1.54) is 11.3 Å². The van der Waals surface area contributed by atoms with Crippen molar-refractivity contribution in [3.8, 4) is 23.5 Å². The van der Waals surface area contributed by atoms with Crippen LogP contribution in [0.1, 0.15) is 19.2 Å². The molecular formula is C18H15BrN2OS. The highest BCUT2D eigenvalue weighted by molar-refractivity contribution is 9.10. The molecule has 0 fully saturated rings. The number of nitrogens with zero attached hydrogens (tertiary/aromatic N) is 2. The van der Waals surface area contributed by atoms with Gasteiger partial charge in [0.1, 0.15) is 10.7 Å². The first-order valence-electron chi connectivity index (χ1n) is 7.36. The van der Waals surface area contributed by atoms with Crippen molar-refractivity contribution < 1.29 is 0 Å². The Bertz CT molecular complexity index is 948. The molecule has 23 heavy (non-hydrogen) atoms. The van der Waals surface area contributed by atoms with Crippen LogP contribution < -0.4 is 5.56 Å². The summed E-state index contributed by atoms with van der Waals surface area (Å²) in [6.45, 7) is 2.32. The molecular weight excluding hydrogens is 372 g/mol. The largest absolute Gasteiger partial charge is 0.284 e. The van der Waals surface area contributed by atoms with Gasteiger partial charge in [-0.2, -0.15) is 0 Å². The zero-order valence-electron chi connectivity index (χ0n) is 12.7. The van der Waals surface area contributed by atoms with Gasteiger partial charge in [0.15, 0.2) is 0 Å². The molecule has 0 aliphatic heterocycles. The summed E-state index contributed by atoms with van der Waals surface area (Å²) in [5.41, 5.74) is 1.88. The van der Waals surface area contributed by atoms with Crippen LogP contribution in [-0.2, 0) is 13.0 Å². The second-order valence-electron chi connectivity index (χ2n) is 5.21. The summed E-state index contributed by atoms with van der Waals surface area (Å²) < 4.78 is 2.63. The molecule has 0 amide bonds. The van der Waals surface area contributed by atoms with Gasteiger partial charge in [0.25, 0.3) is 5.56 Å². The van der Waals surface area contributed by atoms with Crippen LogP contribution in [0.5, 0.6) is 0 Å². The lowest BCUT2D eigenvalue weighted by Crippen LogP contribution is -2.24. The first-order chi connectivity index (χ1) is 11.2. The van der Waals surface area contributed by atoms with E-state index in [0.717, 1.165) is 39.1 Å². The van der Waals surface area contributed by atoms with E-state index in [-0.39, 0.29) is 12.1 Å². The van der Waals surface area contributed by atoms with Crippen LogP contribution in [0.15, 0.2) is 38.9 Å². The number of thiophene rings is 1. The highest BCUT2D eigenvalue weighted by Crippen LogP contribution is 2.31. The van der Waals surface area contributed by atoms with Crippen molar-refractivity contribution in [3.05, 3.63) is 50.3 Å². The van der Waals surface area contributed by atoms with Gasteiger partial charge in [-0.25, -0.2) is 4.98 Å². The molecule has 2 heterocycles. The number of terminal acetylenes is 1. The van der Waals surface area contributed by atoms with Crippen molar-refractivity contribution in [1.82, 2.24) is 9.55 Å². The van der Waals surface area contributed by atoms with Gasteiger partial charge in [-0.3, -0.25) is 9.36 Å². The fourth-order valence-corrected chi connectivity index (χ4v) is 3.80. The van der Waals surface area contributed by atoms with Crippen molar-refractivity contribution in [3.63, 3.8) is 0 Å². The first kappa shape index (κ1) is 16.0. The maximum absolute atomic E-state index is 13.0. The van der Waals surface area contributed by atoms with E-state index in [9.17, 15) is 4.79 Å². The van der Waals surface area contributed by atoms with Crippen molar-refractivity contribution >= 4 is 37.5 Å². The molecule has 3 aromatic rings. The number of benzene rings is 1. The zero-order chi connectivity index (χ0) is 16.4. The molecule has 0 N–H and O–H groups in total. The van der Waals surface area contributed by atoms with Crippen molar-refractivity contribution in [1.29, 1.82) is 0 Å². The highest BCUT2D eigenvalue weighted by Gasteiger charge is 2.16. The Morgan fingerprint density at radius 2 is 2.09 bits per heavy atom. The SMILES string of the molecule is C#CCn1c(CCC)nc2scc(-c3ccc(Br)cc3)c2c1=O. The average molecular weight is 387 g/mol. The summed E-state index contributed by atoms with van der Waals surface area (Å²) in [5, 5.41) is 2.66. The van der Waals surface area contributed by atoms with Gasteiger partial charge >= 0.3 is 0 Å². The van der Waals surface area contributed by atoms with Crippen LogP contribution in [0, 0.1) is 12.3 Å². The Kier molecular flexibility index (Phi) is 4.65. The summed E-state index contributed by atoms with van der Waals surface area (Å²) in [4.78, 5) is 18.4. The fraction of sp³-hybridized carbons (Fsp3) is 0.222. The van der Waals surface area contributed by atoms with Gasteiger partial charge < -0.3 is 0 Å². The van der Waals surface area contributed by atoms with Crippen molar-refractivity contribution in [2.24, 2.45) is 0 Å². The molecule has 0 aliphatic rings. The molecule has 1 aromatic carbocycles. The van der Waals surface area contributed by atoms with Gasteiger partial charge in [-0.1, -0.05) is 40.9 Å². The lowest BCUT2D eigenvalue weighted by molar-refractivity contribution is 0.686. The molecule has 0 radical (unpaired) electrons. The minimum atomic E-state index is -0.0458. The van der Waals surface area contributed by atoms with Gasteiger partial charge in [0, 0.05) is 21.8 Å². The third-order valence-corrected chi connectivity index (χ3v) is 5.05. The van der Waals surface area contributed by atoms with Crippen LogP contribution in [-0.4, -0.2) is 9.55 Å². The van der Waals surface area contributed by atoms with E-state index in [0.29, 0.717) is 5.39 Å². The minimum Gasteiger partial charge on any atom is -0.284 e. The number of aryl methyl sites for hydroxylation is 1. The first-order valence-corrected chi connectivity index (χ1v) is 9.03. The molecule has 0 saturated heterocycles. The van der Waals surface area contributed by atoms with Gasteiger partial charge in [-0.15, -0.1) is 17.8 Å². The van der Waals surface area contributed by atoms with Gasteiger partial charge in [0.05, 0.1) is 11.9 Å². The summed E-state index contributed by atoms with van der Waals surface area (Å²) in [6.07, 6.45) is 7.11. The summed E-state index contributed by atoms with van der Waals surface area (Å²) in [7, 11) is 0. The average Bonchev–Trinajstić information content (AvgIpc) is 2.96. The van der Waals surface area contributed by atoms with E-state index < -0.39 is 0 Å². The summed E-state index contributed by atoms with van der Waals surface area (Å²) >= 11 is 4.94. The zero-order valence-corrected chi connectivity index (χ0v) is 15.1. The highest BCUT2D eigenvalue weighted by atomic mass is 79.9. The molecule has 0 aliphatic carbocycles. The third-order valence-electron chi connectivity index (χ3n) is 3.65. The van der Waals surface area contributed by atoms with Crippen molar-refractivity contribution in [2.45, 2.75) is 26.3 Å². The maximum atomic E-state index is 13.0. The molecule has 0 saturated carbocycles. The summed E-state index contributed by atoms with van der Waals surface area (Å²) in [6, 6.07) is 7.93. The molecule has 2 aromatic heterocycles. The molecule has 5 heteroatoms. The Morgan fingerprint density at radius 1 is 1.35 bits per heavy atom. The molecule has 3 nitrogen and oxygen atoms in total. The molecule has 0 bridgehead atoms. The number of hydrogen-bond acceptors (Lipinski definition) is 3. The van der Waals surface area contributed by atoms with Crippen molar-refractivity contribution in [2.75, 3.05) is 0 Å². The second kappa shape index (κ2) is 6.69. The van der Waals surface area contributed by atoms with E-state index in [4.69, 9.17) is 6.42 Å². The Morgan fingerprint density at radius 3 is 2.74 bits per heavy atom. The number of fused-ring (bicyclic) bond motifs is 1. The Labute approximate surface area is 147 Å².